The molecule has 0 fully saturated rings. The molecule has 9 heteroatoms. The van der Waals surface area contributed by atoms with Gasteiger partial charge in [0, 0.05) is 5.02 Å². The number of methoxy groups -OCH3 is 1. The highest BCUT2D eigenvalue weighted by atomic mass is 35.5. The highest BCUT2D eigenvalue weighted by molar-refractivity contribution is 7.89. The molecule has 0 aliphatic heterocycles. The maximum atomic E-state index is 12.6. The number of nitrogens with one attached hydrogen (secondary N) is 2. The normalized spacial score (nSPS) is 12.5. The van der Waals surface area contributed by atoms with Gasteiger partial charge in [0.1, 0.15) is 10.6 Å². The van der Waals surface area contributed by atoms with E-state index in [1.165, 1.54) is 32.2 Å². The smallest absolute Gasteiger partial charge is 0.244 e. The van der Waals surface area contributed by atoms with E-state index in [1.54, 1.807) is 25.1 Å². The number of amides is 1. The van der Waals surface area contributed by atoms with Crippen molar-refractivity contribution in [3.05, 3.63) is 52.0 Å². The topological polar surface area (TPSA) is 84.5 Å². The monoisotopic (exact) mass is 416 g/mol. The molecule has 2 aromatic rings. The Morgan fingerprint density at radius 2 is 1.85 bits per heavy atom. The molecule has 0 aliphatic carbocycles. The average molecular weight is 417 g/mol. The number of aryl methyl sites for hydroxylation is 1. The van der Waals surface area contributed by atoms with Crippen molar-refractivity contribution in [2.75, 3.05) is 12.4 Å². The zero-order valence-electron chi connectivity index (χ0n) is 14.3. The van der Waals surface area contributed by atoms with Gasteiger partial charge in [0.2, 0.25) is 15.9 Å². The van der Waals surface area contributed by atoms with E-state index in [9.17, 15) is 13.2 Å². The van der Waals surface area contributed by atoms with Crippen molar-refractivity contribution < 1.29 is 17.9 Å². The Morgan fingerprint density at radius 1 is 1.15 bits per heavy atom. The van der Waals surface area contributed by atoms with Crippen molar-refractivity contribution >= 4 is 44.8 Å². The quantitative estimate of drug-likeness (QED) is 0.752. The minimum atomic E-state index is -3.97. The van der Waals surface area contributed by atoms with Gasteiger partial charge >= 0.3 is 0 Å². The third-order valence-corrected chi connectivity index (χ3v) is 5.63. The van der Waals surface area contributed by atoms with Gasteiger partial charge in [-0.1, -0.05) is 29.3 Å². The second-order valence-electron chi connectivity index (χ2n) is 5.61. The average Bonchev–Trinajstić information content (AvgIpc) is 2.56. The van der Waals surface area contributed by atoms with Crippen LogP contribution < -0.4 is 14.8 Å². The van der Waals surface area contributed by atoms with Gasteiger partial charge < -0.3 is 10.1 Å². The summed E-state index contributed by atoms with van der Waals surface area (Å²) in [5.74, 6) is -0.374. The highest BCUT2D eigenvalue weighted by Gasteiger charge is 2.25. The minimum absolute atomic E-state index is 0.0378. The van der Waals surface area contributed by atoms with Gasteiger partial charge in [-0.05, 0) is 49.7 Å². The molecule has 0 saturated heterocycles. The van der Waals surface area contributed by atoms with E-state index in [0.717, 1.165) is 5.56 Å². The Balaban J connectivity index is 2.18. The van der Waals surface area contributed by atoms with Gasteiger partial charge in [-0.25, -0.2) is 8.42 Å². The molecule has 26 heavy (non-hydrogen) atoms. The van der Waals surface area contributed by atoms with Crippen molar-refractivity contribution in [2.45, 2.75) is 24.8 Å². The summed E-state index contributed by atoms with van der Waals surface area (Å²) in [6.07, 6.45) is 0. The van der Waals surface area contributed by atoms with Crippen molar-refractivity contribution in [1.29, 1.82) is 0 Å². The molecule has 0 bridgehead atoms. The molecular formula is C17H18Cl2N2O4S. The van der Waals surface area contributed by atoms with E-state index >= 15 is 0 Å². The lowest BCUT2D eigenvalue weighted by atomic mass is 10.2. The molecular weight excluding hydrogens is 399 g/mol. The first kappa shape index (κ1) is 20.5. The molecule has 0 saturated carbocycles. The van der Waals surface area contributed by atoms with Crippen LogP contribution in [0.1, 0.15) is 12.5 Å². The molecule has 1 amide bonds. The second-order valence-corrected chi connectivity index (χ2v) is 8.14. The van der Waals surface area contributed by atoms with Crippen LogP contribution in [0.2, 0.25) is 10.0 Å². The fraction of sp³-hybridized carbons (Fsp3) is 0.235. The number of hydrogen-bond donors (Lipinski definition) is 2. The fourth-order valence-electron chi connectivity index (χ4n) is 2.18. The Labute approximate surface area is 162 Å². The number of carbonyl (C=O) groups is 1. The van der Waals surface area contributed by atoms with Crippen molar-refractivity contribution in [3.63, 3.8) is 0 Å². The van der Waals surface area contributed by atoms with E-state index < -0.39 is 22.0 Å². The van der Waals surface area contributed by atoms with E-state index in [4.69, 9.17) is 27.9 Å². The van der Waals surface area contributed by atoms with Crippen LogP contribution >= 0.6 is 23.2 Å². The Hall–Kier alpha value is -1.80. The lowest BCUT2D eigenvalue weighted by Gasteiger charge is -2.17. The van der Waals surface area contributed by atoms with Crippen molar-refractivity contribution in [2.24, 2.45) is 0 Å². The van der Waals surface area contributed by atoms with Crippen molar-refractivity contribution in [1.82, 2.24) is 4.72 Å². The lowest BCUT2D eigenvalue weighted by molar-refractivity contribution is -0.117. The summed E-state index contributed by atoms with van der Waals surface area (Å²) in [5, 5.41) is 3.24. The molecule has 6 nitrogen and oxygen atoms in total. The van der Waals surface area contributed by atoms with E-state index in [2.05, 4.69) is 10.0 Å². The first-order valence-electron chi connectivity index (χ1n) is 7.57. The molecule has 0 spiro atoms. The SMILES string of the molecule is COc1ccc(C)cc1S(=O)(=O)N[C@@H](C)C(=O)Nc1ccc(Cl)cc1Cl. The van der Waals surface area contributed by atoms with Gasteiger partial charge in [-0.3, -0.25) is 4.79 Å². The van der Waals surface area contributed by atoms with Crippen LogP contribution in [-0.4, -0.2) is 27.5 Å². The van der Waals surface area contributed by atoms with Crippen LogP contribution in [0.15, 0.2) is 41.3 Å². The number of sulfonamides is 1. The van der Waals surface area contributed by atoms with Crippen LogP contribution in [0, 0.1) is 6.92 Å². The molecule has 2 N–H and O–H groups in total. The summed E-state index contributed by atoms with van der Waals surface area (Å²) >= 11 is 11.8. The van der Waals surface area contributed by atoms with Gasteiger partial charge in [0.25, 0.3) is 0 Å². The second kappa shape index (κ2) is 8.26. The number of carbonyl (C=O) groups excluding carboxylic acids is 1. The summed E-state index contributed by atoms with van der Waals surface area (Å²) < 4.78 is 32.7. The number of benzene rings is 2. The fourth-order valence-corrected chi connectivity index (χ4v) is 4.09. The minimum Gasteiger partial charge on any atom is -0.495 e. The summed E-state index contributed by atoms with van der Waals surface area (Å²) in [4.78, 5) is 12.3. The maximum Gasteiger partial charge on any atom is 0.244 e. The Bertz CT molecular complexity index is 932. The maximum absolute atomic E-state index is 12.6. The molecule has 0 aromatic heterocycles. The third-order valence-electron chi connectivity index (χ3n) is 3.52. The van der Waals surface area contributed by atoms with Gasteiger partial charge in [0.15, 0.2) is 0 Å². The van der Waals surface area contributed by atoms with Crippen LogP contribution in [0.3, 0.4) is 0 Å². The predicted molar refractivity (Wildman–Crippen MR) is 103 cm³/mol. The van der Waals surface area contributed by atoms with Gasteiger partial charge in [-0.15, -0.1) is 0 Å². The molecule has 2 rings (SSSR count). The van der Waals surface area contributed by atoms with Gasteiger partial charge in [-0.2, -0.15) is 4.72 Å². The summed E-state index contributed by atoms with van der Waals surface area (Å²) in [7, 11) is -2.59. The number of halogens is 2. The van der Waals surface area contributed by atoms with Crippen LogP contribution in [0.4, 0.5) is 5.69 Å². The van der Waals surface area contributed by atoms with E-state index in [-0.39, 0.29) is 15.7 Å². The Kier molecular flexibility index (Phi) is 6.52. The number of anilines is 1. The van der Waals surface area contributed by atoms with E-state index in [1.807, 2.05) is 0 Å². The van der Waals surface area contributed by atoms with Crippen LogP contribution in [0.5, 0.6) is 5.75 Å². The van der Waals surface area contributed by atoms with Crippen molar-refractivity contribution in [3.8, 4) is 5.75 Å². The number of rotatable bonds is 6. The number of hydrogen-bond acceptors (Lipinski definition) is 4. The molecule has 0 unspecified atom stereocenters. The molecule has 1 atom stereocenters. The van der Waals surface area contributed by atoms with E-state index in [0.29, 0.717) is 10.7 Å². The zero-order chi connectivity index (χ0) is 19.5. The molecule has 140 valence electrons. The number of ether oxygens (including phenoxy) is 1. The first-order chi connectivity index (χ1) is 12.1. The van der Waals surface area contributed by atoms with Crippen LogP contribution in [0.25, 0.3) is 0 Å². The highest BCUT2D eigenvalue weighted by Crippen LogP contribution is 2.26. The molecule has 2 aromatic carbocycles. The van der Waals surface area contributed by atoms with Gasteiger partial charge in [0.05, 0.1) is 23.9 Å². The molecule has 0 aliphatic rings. The standard InChI is InChI=1S/C17H18Cl2N2O4S/c1-10-4-7-15(25-3)16(8-10)26(23,24)21-11(2)17(22)20-14-6-5-12(18)9-13(14)19/h4-9,11,21H,1-3H3,(H,20,22)/t11-/m0/s1. The summed E-state index contributed by atoms with van der Waals surface area (Å²) in [5.41, 5.74) is 1.08. The molecule has 0 radical (unpaired) electrons. The first-order valence-corrected chi connectivity index (χ1v) is 9.81. The summed E-state index contributed by atoms with van der Waals surface area (Å²) in [6, 6.07) is 8.30. The lowest BCUT2D eigenvalue weighted by Crippen LogP contribution is -2.41. The molecule has 0 heterocycles. The summed E-state index contributed by atoms with van der Waals surface area (Å²) in [6.45, 7) is 3.19. The Morgan fingerprint density at radius 3 is 2.46 bits per heavy atom. The zero-order valence-corrected chi connectivity index (χ0v) is 16.7. The predicted octanol–water partition coefficient (Wildman–Crippen LogP) is 3.62. The largest absolute Gasteiger partial charge is 0.495 e. The third kappa shape index (κ3) is 4.88. The van der Waals surface area contributed by atoms with Crippen LogP contribution in [-0.2, 0) is 14.8 Å².